The normalized spacial score (nSPS) is 14.1. The van der Waals surface area contributed by atoms with Gasteiger partial charge in [0, 0.05) is 23.4 Å². The van der Waals surface area contributed by atoms with Crippen molar-refractivity contribution in [3.63, 3.8) is 0 Å². The van der Waals surface area contributed by atoms with Crippen molar-refractivity contribution < 1.29 is 30.9 Å². The van der Waals surface area contributed by atoms with Gasteiger partial charge in [-0.3, -0.25) is 0 Å². The van der Waals surface area contributed by atoms with Gasteiger partial charge >= 0.3 is 12.4 Å². The van der Waals surface area contributed by atoms with E-state index in [1.165, 1.54) is 13.0 Å². The van der Waals surface area contributed by atoms with Crippen molar-refractivity contribution in [2.75, 3.05) is 11.4 Å². The van der Waals surface area contributed by atoms with Gasteiger partial charge in [0.05, 0.1) is 22.9 Å². The third-order valence-corrected chi connectivity index (χ3v) is 3.85. The number of nitriles is 1. The zero-order valence-corrected chi connectivity index (χ0v) is 12.6. The maximum atomic E-state index is 13.1. The molecule has 0 fully saturated rings. The fourth-order valence-electron chi connectivity index (χ4n) is 2.78. The first-order valence-electron chi connectivity index (χ1n) is 6.94. The van der Waals surface area contributed by atoms with E-state index in [4.69, 9.17) is 9.78 Å². The van der Waals surface area contributed by atoms with Gasteiger partial charge in [0.1, 0.15) is 6.54 Å². The number of rotatable bonds is 1. The van der Waals surface area contributed by atoms with Crippen molar-refractivity contribution in [2.24, 2.45) is 0 Å². The minimum atomic E-state index is -4.87. The summed E-state index contributed by atoms with van der Waals surface area (Å²) >= 11 is 0. The summed E-state index contributed by atoms with van der Waals surface area (Å²) in [5.74, 6) is 0.0798. The van der Waals surface area contributed by atoms with Crippen molar-refractivity contribution >= 4 is 5.69 Å². The summed E-state index contributed by atoms with van der Waals surface area (Å²) in [6, 6.07) is 2.88. The first-order valence-corrected chi connectivity index (χ1v) is 6.94. The minimum absolute atomic E-state index is 0.0179. The molecule has 0 saturated heterocycles. The fraction of sp³-hybridized carbons (Fsp3) is 0.333. The lowest BCUT2D eigenvalue weighted by Crippen LogP contribution is -2.36. The summed E-state index contributed by atoms with van der Waals surface area (Å²) in [5, 5.41) is 12.7. The van der Waals surface area contributed by atoms with Crippen LogP contribution in [-0.4, -0.2) is 17.9 Å². The Morgan fingerprint density at radius 1 is 1.24 bits per heavy atom. The molecular formula is C15H9F6N3O. The van der Waals surface area contributed by atoms with E-state index in [0.29, 0.717) is 17.3 Å². The molecule has 0 N–H and O–H groups in total. The molecule has 0 spiro atoms. The SMILES string of the molecule is Cc1noc2c1CN(CC(F)(F)F)c1cc(C(F)(F)F)c(C#N)cc1-2. The summed E-state index contributed by atoms with van der Waals surface area (Å²) in [6.07, 6.45) is -9.49. The predicted octanol–water partition coefficient (Wildman–Crippen LogP) is 4.42. The smallest absolute Gasteiger partial charge is 0.357 e. The average Bonchev–Trinajstić information content (AvgIpc) is 2.85. The zero-order chi connectivity index (χ0) is 18.6. The van der Waals surface area contributed by atoms with Gasteiger partial charge in [-0.1, -0.05) is 5.16 Å². The van der Waals surface area contributed by atoms with Crippen molar-refractivity contribution in [3.05, 3.63) is 34.5 Å². The highest BCUT2D eigenvalue weighted by Gasteiger charge is 2.40. The maximum absolute atomic E-state index is 13.1. The third kappa shape index (κ3) is 3.01. The number of anilines is 1. The molecule has 3 rings (SSSR count). The van der Waals surface area contributed by atoms with E-state index in [9.17, 15) is 26.3 Å². The Bertz CT molecular complexity index is 875. The molecule has 0 bridgehead atoms. The van der Waals surface area contributed by atoms with Crippen LogP contribution in [0.4, 0.5) is 32.0 Å². The molecule has 1 aliphatic rings. The van der Waals surface area contributed by atoms with E-state index in [1.54, 1.807) is 0 Å². The molecule has 0 saturated carbocycles. The molecule has 1 aromatic heterocycles. The summed E-state index contributed by atoms with van der Waals surface area (Å²) in [5.41, 5.74) is -1.62. The van der Waals surface area contributed by atoms with E-state index in [2.05, 4.69) is 5.16 Å². The van der Waals surface area contributed by atoms with Crippen LogP contribution in [0.1, 0.15) is 22.4 Å². The molecule has 4 nitrogen and oxygen atoms in total. The second-order valence-electron chi connectivity index (χ2n) is 5.57. The molecule has 10 heteroatoms. The van der Waals surface area contributed by atoms with Crippen LogP contribution in [0.5, 0.6) is 0 Å². The number of aromatic nitrogens is 1. The number of alkyl halides is 6. The van der Waals surface area contributed by atoms with E-state index < -0.39 is 30.0 Å². The van der Waals surface area contributed by atoms with Crippen LogP contribution >= 0.6 is 0 Å². The van der Waals surface area contributed by atoms with Crippen LogP contribution in [0.2, 0.25) is 0 Å². The summed E-state index contributed by atoms with van der Waals surface area (Å²) in [7, 11) is 0. The van der Waals surface area contributed by atoms with Gasteiger partial charge in [0.25, 0.3) is 0 Å². The topological polar surface area (TPSA) is 53.1 Å². The van der Waals surface area contributed by atoms with Crippen molar-refractivity contribution in [1.82, 2.24) is 5.16 Å². The number of hydrogen-bond acceptors (Lipinski definition) is 4. The number of aryl methyl sites for hydroxylation is 1. The molecule has 0 unspecified atom stereocenters. The highest BCUT2D eigenvalue weighted by Crippen LogP contribution is 2.45. The van der Waals surface area contributed by atoms with E-state index in [1.807, 2.05) is 0 Å². The Morgan fingerprint density at radius 2 is 1.92 bits per heavy atom. The molecule has 1 aromatic carbocycles. The van der Waals surface area contributed by atoms with Crippen molar-refractivity contribution in [1.29, 1.82) is 5.26 Å². The molecule has 25 heavy (non-hydrogen) atoms. The lowest BCUT2D eigenvalue weighted by Gasteiger charge is -2.32. The van der Waals surface area contributed by atoms with E-state index in [-0.39, 0.29) is 23.6 Å². The summed E-state index contributed by atoms with van der Waals surface area (Å²) in [6.45, 7) is -0.206. The van der Waals surface area contributed by atoms with Crippen molar-refractivity contribution in [3.8, 4) is 17.4 Å². The van der Waals surface area contributed by atoms with Gasteiger partial charge in [0.15, 0.2) is 5.76 Å². The van der Waals surface area contributed by atoms with Gasteiger partial charge in [-0.15, -0.1) is 0 Å². The van der Waals surface area contributed by atoms with Gasteiger partial charge in [-0.2, -0.15) is 31.6 Å². The number of fused-ring (bicyclic) bond motifs is 3. The van der Waals surface area contributed by atoms with Gasteiger partial charge < -0.3 is 9.42 Å². The molecule has 2 aromatic rings. The van der Waals surface area contributed by atoms with E-state index >= 15 is 0 Å². The second kappa shape index (κ2) is 5.40. The predicted molar refractivity (Wildman–Crippen MR) is 73.5 cm³/mol. The zero-order valence-electron chi connectivity index (χ0n) is 12.6. The Labute approximate surface area is 137 Å². The van der Waals surface area contributed by atoms with Crippen LogP contribution in [0.3, 0.4) is 0 Å². The van der Waals surface area contributed by atoms with Crippen LogP contribution in [0, 0.1) is 18.3 Å². The number of halogens is 6. The van der Waals surface area contributed by atoms with Crippen LogP contribution in [0.25, 0.3) is 11.3 Å². The highest BCUT2D eigenvalue weighted by molar-refractivity contribution is 5.83. The largest absolute Gasteiger partial charge is 0.417 e. The van der Waals surface area contributed by atoms with Crippen LogP contribution in [0.15, 0.2) is 16.7 Å². The first kappa shape index (κ1) is 17.1. The lowest BCUT2D eigenvalue weighted by atomic mass is 9.94. The van der Waals surface area contributed by atoms with Gasteiger partial charge in [-0.25, -0.2) is 0 Å². The number of nitrogens with zero attached hydrogens (tertiary/aromatic N) is 3. The average molecular weight is 361 g/mol. The maximum Gasteiger partial charge on any atom is 0.417 e. The lowest BCUT2D eigenvalue weighted by molar-refractivity contribution is -0.137. The van der Waals surface area contributed by atoms with E-state index in [0.717, 1.165) is 11.0 Å². The highest BCUT2D eigenvalue weighted by atomic mass is 19.4. The number of benzene rings is 1. The molecular weight excluding hydrogens is 352 g/mol. The number of hydrogen-bond donors (Lipinski definition) is 0. The molecule has 0 atom stereocenters. The molecule has 2 heterocycles. The summed E-state index contributed by atoms with van der Waals surface area (Å²) in [4.78, 5) is 0.776. The molecule has 0 aliphatic carbocycles. The summed E-state index contributed by atoms with van der Waals surface area (Å²) < 4.78 is 83.1. The molecule has 132 valence electrons. The van der Waals surface area contributed by atoms with Crippen LogP contribution in [-0.2, 0) is 12.7 Å². The Kier molecular flexibility index (Phi) is 3.70. The quantitative estimate of drug-likeness (QED) is 0.706. The first-order chi connectivity index (χ1) is 11.5. The Morgan fingerprint density at radius 3 is 2.48 bits per heavy atom. The molecule has 0 radical (unpaired) electrons. The molecule has 0 amide bonds. The van der Waals surface area contributed by atoms with Crippen molar-refractivity contribution in [2.45, 2.75) is 25.8 Å². The minimum Gasteiger partial charge on any atom is -0.357 e. The van der Waals surface area contributed by atoms with Crippen LogP contribution < -0.4 is 4.90 Å². The third-order valence-electron chi connectivity index (χ3n) is 3.85. The van der Waals surface area contributed by atoms with Gasteiger partial charge in [0.2, 0.25) is 0 Å². The second-order valence-corrected chi connectivity index (χ2v) is 5.57. The molecule has 1 aliphatic heterocycles. The Hall–Kier alpha value is -2.70. The fourth-order valence-corrected chi connectivity index (χ4v) is 2.78. The Balaban J connectivity index is 2.26. The monoisotopic (exact) mass is 361 g/mol. The standard InChI is InChI=1S/C15H9F6N3O/c1-7-10-5-24(6-14(16,17)18)12-3-11(15(19,20)21)8(4-22)2-9(12)13(10)25-23-7/h2-3H,5-6H2,1H3. The van der Waals surface area contributed by atoms with Gasteiger partial charge in [-0.05, 0) is 19.1 Å².